The van der Waals surface area contributed by atoms with Gasteiger partial charge in [0, 0.05) is 17.1 Å². The second-order valence-electron chi connectivity index (χ2n) is 7.98. The smallest absolute Gasteiger partial charge is 0.261 e. The molecule has 0 heterocycles. The fraction of sp³-hybridized carbons (Fsp3) is 0.440. The maximum absolute atomic E-state index is 13.2. The molecular formula is C25H31BrN2O3. The van der Waals surface area contributed by atoms with Crippen molar-refractivity contribution in [2.45, 2.75) is 57.5 Å². The van der Waals surface area contributed by atoms with Crippen LogP contribution in [-0.4, -0.2) is 41.9 Å². The average molecular weight is 487 g/mol. The molecule has 0 radical (unpaired) electrons. The summed E-state index contributed by atoms with van der Waals surface area (Å²) in [5.74, 6) is 0.398. The van der Waals surface area contributed by atoms with Gasteiger partial charge in [-0.25, -0.2) is 0 Å². The first-order chi connectivity index (χ1) is 15.1. The Morgan fingerprint density at radius 1 is 1.10 bits per heavy atom. The molecule has 2 amide bonds. The van der Waals surface area contributed by atoms with Crippen molar-refractivity contribution in [1.82, 2.24) is 10.2 Å². The molecule has 1 N–H and O–H groups in total. The predicted octanol–water partition coefficient (Wildman–Crippen LogP) is 4.74. The van der Waals surface area contributed by atoms with Gasteiger partial charge >= 0.3 is 0 Å². The first-order valence-electron chi connectivity index (χ1n) is 11.1. The van der Waals surface area contributed by atoms with Crippen molar-refractivity contribution in [2.75, 3.05) is 13.2 Å². The second kappa shape index (κ2) is 11.9. The zero-order valence-electron chi connectivity index (χ0n) is 18.1. The van der Waals surface area contributed by atoms with Gasteiger partial charge in [-0.15, -0.1) is 0 Å². The Kier molecular flexibility index (Phi) is 8.95. The average Bonchev–Trinajstić information content (AvgIpc) is 3.29. The third kappa shape index (κ3) is 7.10. The van der Waals surface area contributed by atoms with E-state index in [1.807, 2.05) is 61.5 Å². The molecule has 2 aromatic rings. The largest absolute Gasteiger partial charge is 0.484 e. The van der Waals surface area contributed by atoms with Gasteiger partial charge in [-0.1, -0.05) is 66.0 Å². The van der Waals surface area contributed by atoms with E-state index in [4.69, 9.17) is 4.74 Å². The van der Waals surface area contributed by atoms with Crippen molar-refractivity contribution < 1.29 is 14.3 Å². The Bertz CT molecular complexity index is 836. The van der Waals surface area contributed by atoms with Crippen molar-refractivity contribution in [3.05, 3.63) is 64.6 Å². The fourth-order valence-electron chi connectivity index (χ4n) is 4.02. The van der Waals surface area contributed by atoms with E-state index in [9.17, 15) is 9.59 Å². The number of nitrogens with one attached hydrogen (secondary N) is 1. The lowest BCUT2D eigenvalue weighted by Gasteiger charge is -2.31. The first-order valence-corrected chi connectivity index (χ1v) is 11.9. The van der Waals surface area contributed by atoms with E-state index in [0.29, 0.717) is 25.1 Å². The highest BCUT2D eigenvalue weighted by Gasteiger charge is 2.30. The van der Waals surface area contributed by atoms with Gasteiger partial charge < -0.3 is 15.0 Å². The summed E-state index contributed by atoms with van der Waals surface area (Å²) in [5.41, 5.74) is 1.14. The van der Waals surface area contributed by atoms with Crippen LogP contribution in [0.25, 0.3) is 0 Å². The van der Waals surface area contributed by atoms with E-state index in [1.54, 1.807) is 4.90 Å². The molecule has 0 bridgehead atoms. The van der Waals surface area contributed by atoms with Crippen LogP contribution in [0.5, 0.6) is 5.75 Å². The summed E-state index contributed by atoms with van der Waals surface area (Å²) in [6, 6.07) is 17.1. The molecular weight excluding hydrogens is 456 g/mol. The summed E-state index contributed by atoms with van der Waals surface area (Å²) in [4.78, 5) is 27.9. The Balaban J connectivity index is 1.68. The van der Waals surface area contributed by atoms with Crippen LogP contribution in [-0.2, 0) is 16.0 Å². The van der Waals surface area contributed by atoms with Crippen molar-refractivity contribution >= 4 is 27.7 Å². The van der Waals surface area contributed by atoms with Crippen molar-refractivity contribution in [1.29, 1.82) is 0 Å². The summed E-state index contributed by atoms with van der Waals surface area (Å²) in [6.07, 6.45) is 5.61. The SMILES string of the molecule is CCC(C(=O)NC1CCCC1)N(CCc1ccccc1)C(=O)COc1ccc(Br)cc1. The lowest BCUT2D eigenvalue weighted by atomic mass is 10.1. The fourth-order valence-corrected chi connectivity index (χ4v) is 4.29. The minimum atomic E-state index is -0.495. The predicted molar refractivity (Wildman–Crippen MR) is 126 cm³/mol. The molecule has 0 saturated heterocycles. The van der Waals surface area contributed by atoms with Crippen LogP contribution in [0.3, 0.4) is 0 Å². The lowest BCUT2D eigenvalue weighted by Crippen LogP contribution is -2.52. The van der Waals surface area contributed by atoms with Crippen LogP contribution < -0.4 is 10.1 Å². The number of carbonyl (C=O) groups excluding carboxylic acids is 2. The minimum absolute atomic E-state index is 0.0561. The quantitative estimate of drug-likeness (QED) is 0.527. The standard InChI is InChI=1S/C25H31BrN2O3/c1-2-23(25(30)27-21-10-6-7-11-21)28(17-16-19-8-4-3-5-9-19)24(29)18-31-22-14-12-20(26)13-15-22/h3-5,8-9,12-15,21,23H,2,6-7,10-11,16-18H2,1H3,(H,27,30). The minimum Gasteiger partial charge on any atom is -0.484 e. The third-order valence-electron chi connectivity index (χ3n) is 5.75. The summed E-state index contributed by atoms with van der Waals surface area (Å²) in [7, 11) is 0. The molecule has 1 unspecified atom stereocenters. The number of hydrogen-bond acceptors (Lipinski definition) is 3. The molecule has 31 heavy (non-hydrogen) atoms. The number of amides is 2. The molecule has 166 valence electrons. The van der Waals surface area contributed by atoms with Gasteiger partial charge in [-0.05, 0) is 55.5 Å². The summed E-state index contributed by atoms with van der Waals surface area (Å²) in [5, 5.41) is 3.16. The van der Waals surface area contributed by atoms with E-state index in [-0.39, 0.29) is 24.5 Å². The molecule has 0 aromatic heterocycles. The monoisotopic (exact) mass is 486 g/mol. The number of carbonyl (C=O) groups is 2. The van der Waals surface area contributed by atoms with Crippen LogP contribution in [0.4, 0.5) is 0 Å². The molecule has 2 aromatic carbocycles. The number of hydrogen-bond donors (Lipinski definition) is 1. The molecule has 0 aliphatic heterocycles. The van der Waals surface area contributed by atoms with Crippen LogP contribution in [0.15, 0.2) is 59.1 Å². The molecule has 5 nitrogen and oxygen atoms in total. The number of benzene rings is 2. The summed E-state index contributed by atoms with van der Waals surface area (Å²) < 4.78 is 6.67. The van der Waals surface area contributed by atoms with Crippen LogP contribution in [0, 0.1) is 0 Å². The van der Waals surface area contributed by atoms with E-state index in [2.05, 4.69) is 21.2 Å². The van der Waals surface area contributed by atoms with Crippen molar-refractivity contribution in [3.8, 4) is 5.75 Å². The van der Waals surface area contributed by atoms with Crippen molar-refractivity contribution in [3.63, 3.8) is 0 Å². The van der Waals surface area contributed by atoms with Gasteiger partial charge in [0.05, 0.1) is 0 Å². The number of ether oxygens (including phenoxy) is 1. The molecule has 1 atom stereocenters. The Hall–Kier alpha value is -2.34. The number of halogens is 1. The van der Waals surface area contributed by atoms with Gasteiger partial charge in [-0.2, -0.15) is 0 Å². The molecule has 1 saturated carbocycles. The first kappa shape index (κ1) is 23.3. The highest BCUT2D eigenvalue weighted by Crippen LogP contribution is 2.19. The van der Waals surface area contributed by atoms with Crippen LogP contribution in [0.1, 0.15) is 44.6 Å². The topological polar surface area (TPSA) is 58.6 Å². The maximum Gasteiger partial charge on any atom is 0.261 e. The normalized spacial score (nSPS) is 14.8. The van der Waals surface area contributed by atoms with Gasteiger partial charge in [0.15, 0.2) is 6.61 Å². The van der Waals surface area contributed by atoms with E-state index < -0.39 is 6.04 Å². The zero-order chi connectivity index (χ0) is 22.1. The highest BCUT2D eigenvalue weighted by molar-refractivity contribution is 9.10. The van der Waals surface area contributed by atoms with Crippen molar-refractivity contribution in [2.24, 2.45) is 0 Å². The van der Waals surface area contributed by atoms with Gasteiger partial charge in [0.2, 0.25) is 5.91 Å². The maximum atomic E-state index is 13.2. The summed E-state index contributed by atoms with van der Waals surface area (Å²) in [6.45, 7) is 2.34. The Labute approximate surface area is 193 Å². The molecule has 1 fully saturated rings. The Morgan fingerprint density at radius 3 is 2.42 bits per heavy atom. The third-order valence-corrected chi connectivity index (χ3v) is 6.28. The molecule has 1 aliphatic rings. The zero-order valence-corrected chi connectivity index (χ0v) is 19.6. The van der Waals surface area contributed by atoms with E-state index in [0.717, 1.165) is 35.7 Å². The second-order valence-corrected chi connectivity index (χ2v) is 8.90. The molecule has 1 aliphatic carbocycles. The molecule has 6 heteroatoms. The molecule has 0 spiro atoms. The van der Waals surface area contributed by atoms with Gasteiger partial charge in [0.1, 0.15) is 11.8 Å². The van der Waals surface area contributed by atoms with Crippen LogP contribution in [0.2, 0.25) is 0 Å². The Morgan fingerprint density at radius 2 is 1.77 bits per heavy atom. The number of nitrogens with zero attached hydrogens (tertiary/aromatic N) is 1. The number of rotatable bonds is 10. The lowest BCUT2D eigenvalue weighted by molar-refractivity contribution is -0.142. The molecule has 3 rings (SSSR count). The highest BCUT2D eigenvalue weighted by atomic mass is 79.9. The van der Waals surface area contributed by atoms with Crippen LogP contribution >= 0.6 is 15.9 Å². The van der Waals surface area contributed by atoms with E-state index in [1.165, 1.54) is 0 Å². The summed E-state index contributed by atoms with van der Waals surface area (Å²) >= 11 is 3.40. The van der Waals surface area contributed by atoms with E-state index >= 15 is 0 Å². The van der Waals surface area contributed by atoms with Gasteiger partial charge in [0.25, 0.3) is 5.91 Å². The van der Waals surface area contributed by atoms with Gasteiger partial charge in [-0.3, -0.25) is 9.59 Å².